The monoisotopic (exact) mass is 543 g/mol. The van der Waals surface area contributed by atoms with Gasteiger partial charge in [-0.1, -0.05) is 0 Å². The average Bonchev–Trinajstić information content (AvgIpc) is 3.47. The summed E-state index contributed by atoms with van der Waals surface area (Å²) in [6, 6.07) is 13.4. The number of hydrogen-bond donors (Lipinski definition) is 1. The van der Waals surface area contributed by atoms with E-state index in [1.54, 1.807) is 29.2 Å². The minimum Gasteiger partial charge on any atom is -0.494 e. The van der Waals surface area contributed by atoms with Gasteiger partial charge in [-0.3, -0.25) is 14.4 Å². The van der Waals surface area contributed by atoms with Crippen LogP contribution in [0.3, 0.4) is 0 Å². The third-order valence-electron chi connectivity index (χ3n) is 5.97. The molecule has 1 fully saturated rings. The Bertz CT molecular complexity index is 1380. The van der Waals surface area contributed by atoms with Crippen LogP contribution >= 0.6 is 0 Å². The third kappa shape index (κ3) is 5.86. The second-order valence-corrected chi connectivity index (χ2v) is 10.4. The molecule has 38 heavy (non-hydrogen) atoms. The van der Waals surface area contributed by atoms with Crippen LogP contribution in [-0.4, -0.2) is 74.1 Å². The molecule has 0 spiro atoms. The summed E-state index contributed by atoms with van der Waals surface area (Å²) < 4.78 is 50.6. The molecule has 1 aliphatic rings. The molecule has 12 heteroatoms. The molecular weight excluding hydrogens is 517 g/mol. The van der Waals surface area contributed by atoms with Crippen molar-refractivity contribution in [2.24, 2.45) is 0 Å². The molecule has 0 bridgehead atoms. The fourth-order valence-corrected chi connectivity index (χ4v) is 5.43. The summed E-state index contributed by atoms with van der Waals surface area (Å²) in [5.74, 6) is -2.19. The molecule has 1 N–H and O–H groups in total. The molecular formula is C26H26FN3O7S. The Labute approximate surface area is 218 Å². The number of nitrogens with zero attached hydrogens (tertiary/aromatic N) is 2. The summed E-state index contributed by atoms with van der Waals surface area (Å²) in [5.41, 5.74) is 0.454. The van der Waals surface area contributed by atoms with Gasteiger partial charge in [-0.2, -0.15) is 0 Å². The molecule has 0 saturated carbocycles. The summed E-state index contributed by atoms with van der Waals surface area (Å²) in [6.45, 7) is 2.78. The van der Waals surface area contributed by atoms with Crippen LogP contribution < -0.4 is 10.1 Å². The molecule has 3 aromatic rings. The van der Waals surface area contributed by atoms with E-state index in [2.05, 4.69) is 5.32 Å². The zero-order chi connectivity index (χ0) is 27.3. The molecule has 1 aromatic heterocycles. The lowest BCUT2D eigenvalue weighted by Gasteiger charge is -2.36. The quantitative estimate of drug-likeness (QED) is 0.432. The van der Waals surface area contributed by atoms with Crippen molar-refractivity contribution in [3.8, 4) is 5.75 Å². The number of piperazine rings is 1. The van der Waals surface area contributed by atoms with Crippen LogP contribution in [0.1, 0.15) is 27.8 Å². The summed E-state index contributed by atoms with van der Waals surface area (Å²) >= 11 is 0. The van der Waals surface area contributed by atoms with Crippen molar-refractivity contribution in [1.29, 1.82) is 0 Å². The maximum atomic E-state index is 13.4. The van der Waals surface area contributed by atoms with Crippen molar-refractivity contribution in [3.63, 3.8) is 0 Å². The number of benzene rings is 2. The van der Waals surface area contributed by atoms with Gasteiger partial charge in [-0.15, -0.1) is 0 Å². The standard InChI is InChI=1S/C26H26FN3O7S/c1-2-36-20-9-5-18(6-10-20)25(32)29-13-15-30(16-14-29)26(33)24(28-23(31)22-4-3-17-37-22)38(34,35)21-11-7-19(27)8-12-21/h3-12,17,24H,2,13-16H2,1H3,(H,28,31)/t24-/m1/s1. The molecule has 0 aliphatic carbocycles. The number of carbonyl (C=O) groups excluding carboxylic acids is 3. The van der Waals surface area contributed by atoms with Gasteiger partial charge in [0.25, 0.3) is 17.7 Å². The highest BCUT2D eigenvalue weighted by Crippen LogP contribution is 2.20. The minimum absolute atomic E-state index is 0.0493. The molecule has 1 aliphatic heterocycles. The maximum absolute atomic E-state index is 13.4. The van der Waals surface area contributed by atoms with Crippen molar-refractivity contribution < 1.29 is 36.3 Å². The molecule has 2 aromatic carbocycles. The third-order valence-corrected chi connectivity index (χ3v) is 7.84. The van der Waals surface area contributed by atoms with Crippen LogP contribution in [0.2, 0.25) is 0 Å². The van der Waals surface area contributed by atoms with Gasteiger partial charge in [0.1, 0.15) is 11.6 Å². The number of rotatable bonds is 8. The largest absolute Gasteiger partial charge is 0.494 e. The summed E-state index contributed by atoms with van der Waals surface area (Å²) in [6.07, 6.45) is 1.24. The van der Waals surface area contributed by atoms with E-state index >= 15 is 0 Å². The van der Waals surface area contributed by atoms with Crippen LogP contribution in [-0.2, 0) is 14.6 Å². The smallest absolute Gasteiger partial charge is 0.288 e. The van der Waals surface area contributed by atoms with Gasteiger partial charge in [0.15, 0.2) is 5.76 Å². The van der Waals surface area contributed by atoms with Gasteiger partial charge in [0.05, 0.1) is 17.8 Å². The first kappa shape index (κ1) is 26.9. The Morgan fingerprint density at radius 1 is 0.974 bits per heavy atom. The number of halogens is 1. The minimum atomic E-state index is -4.46. The van der Waals surface area contributed by atoms with Crippen LogP contribution in [0.5, 0.6) is 5.75 Å². The lowest BCUT2D eigenvalue weighted by atomic mass is 10.1. The number of hydrogen-bond acceptors (Lipinski definition) is 7. The molecule has 0 unspecified atom stereocenters. The molecule has 2 heterocycles. The SMILES string of the molecule is CCOc1ccc(C(=O)N2CCN(C(=O)[C@H](NC(=O)c3ccco3)S(=O)(=O)c3ccc(F)cc3)CC2)cc1. The summed E-state index contributed by atoms with van der Waals surface area (Å²) in [7, 11) is -4.46. The Hall–Kier alpha value is -4.19. The molecule has 4 rings (SSSR count). The van der Waals surface area contributed by atoms with Crippen molar-refractivity contribution in [1.82, 2.24) is 15.1 Å². The van der Waals surface area contributed by atoms with Gasteiger partial charge in [0.2, 0.25) is 15.2 Å². The first-order valence-corrected chi connectivity index (χ1v) is 13.4. The van der Waals surface area contributed by atoms with Gasteiger partial charge in [0, 0.05) is 31.7 Å². The summed E-state index contributed by atoms with van der Waals surface area (Å²) in [5, 5.41) is 0.260. The first-order valence-electron chi connectivity index (χ1n) is 11.9. The zero-order valence-corrected chi connectivity index (χ0v) is 21.3. The summed E-state index contributed by atoms with van der Waals surface area (Å²) in [4.78, 5) is 41.5. The normalized spacial score (nSPS) is 14.6. The van der Waals surface area contributed by atoms with E-state index < -0.39 is 32.8 Å². The topological polar surface area (TPSA) is 126 Å². The van der Waals surface area contributed by atoms with Crippen molar-refractivity contribution in [2.75, 3.05) is 32.8 Å². The highest BCUT2D eigenvalue weighted by Gasteiger charge is 2.40. The molecule has 10 nitrogen and oxygen atoms in total. The Kier molecular flexibility index (Phi) is 8.10. The fourth-order valence-electron chi connectivity index (χ4n) is 3.97. The van der Waals surface area contributed by atoms with Crippen LogP contribution in [0, 0.1) is 5.82 Å². The fraction of sp³-hybridized carbons (Fsp3) is 0.269. The van der Waals surface area contributed by atoms with E-state index in [0.29, 0.717) is 17.9 Å². The van der Waals surface area contributed by atoms with Gasteiger partial charge >= 0.3 is 0 Å². The zero-order valence-electron chi connectivity index (χ0n) is 20.5. The van der Waals surface area contributed by atoms with Gasteiger partial charge in [-0.25, -0.2) is 12.8 Å². The predicted octanol–water partition coefficient (Wildman–Crippen LogP) is 2.33. The number of amides is 3. The highest BCUT2D eigenvalue weighted by molar-refractivity contribution is 7.92. The van der Waals surface area contributed by atoms with Crippen molar-refractivity contribution in [2.45, 2.75) is 17.2 Å². The first-order chi connectivity index (χ1) is 18.2. The van der Waals surface area contributed by atoms with Gasteiger partial charge < -0.3 is 24.3 Å². The molecule has 0 radical (unpaired) electrons. The second-order valence-electron chi connectivity index (χ2n) is 8.40. The van der Waals surface area contributed by atoms with E-state index in [1.807, 2.05) is 6.92 Å². The van der Waals surface area contributed by atoms with E-state index in [1.165, 1.54) is 23.3 Å². The van der Waals surface area contributed by atoms with E-state index in [-0.39, 0.29) is 42.7 Å². The maximum Gasteiger partial charge on any atom is 0.288 e. The van der Waals surface area contributed by atoms with Crippen molar-refractivity contribution >= 4 is 27.6 Å². The lowest BCUT2D eigenvalue weighted by Crippen LogP contribution is -2.57. The van der Waals surface area contributed by atoms with Crippen molar-refractivity contribution in [3.05, 3.63) is 84.1 Å². The van der Waals surface area contributed by atoms with E-state index in [0.717, 1.165) is 24.3 Å². The van der Waals surface area contributed by atoms with Crippen LogP contribution in [0.25, 0.3) is 0 Å². The Morgan fingerprint density at radius 2 is 1.61 bits per heavy atom. The van der Waals surface area contributed by atoms with E-state index in [4.69, 9.17) is 9.15 Å². The number of sulfone groups is 1. The lowest BCUT2D eigenvalue weighted by molar-refractivity contribution is -0.132. The molecule has 1 atom stereocenters. The average molecular weight is 544 g/mol. The van der Waals surface area contributed by atoms with Crippen LogP contribution in [0.15, 0.2) is 76.2 Å². The Morgan fingerprint density at radius 3 is 2.18 bits per heavy atom. The molecule has 1 saturated heterocycles. The second kappa shape index (κ2) is 11.5. The Balaban J connectivity index is 1.49. The number of nitrogens with one attached hydrogen (secondary N) is 1. The van der Waals surface area contributed by atoms with E-state index in [9.17, 15) is 27.2 Å². The number of carbonyl (C=O) groups is 3. The van der Waals surface area contributed by atoms with Gasteiger partial charge in [-0.05, 0) is 67.6 Å². The van der Waals surface area contributed by atoms with Crippen LogP contribution in [0.4, 0.5) is 4.39 Å². The highest BCUT2D eigenvalue weighted by atomic mass is 32.2. The molecule has 3 amide bonds. The molecule has 200 valence electrons. The number of ether oxygens (including phenoxy) is 1. The predicted molar refractivity (Wildman–Crippen MR) is 134 cm³/mol. The number of furan rings is 1.